The van der Waals surface area contributed by atoms with Crippen LogP contribution < -0.4 is 5.32 Å². The molecule has 0 bridgehead atoms. The maximum absolute atomic E-state index is 13.5. The van der Waals surface area contributed by atoms with Gasteiger partial charge in [0.2, 0.25) is 5.91 Å². The van der Waals surface area contributed by atoms with Gasteiger partial charge in [-0.15, -0.1) is 0 Å². The van der Waals surface area contributed by atoms with E-state index < -0.39 is 124 Å². The van der Waals surface area contributed by atoms with Crippen LogP contribution in [0.2, 0.25) is 0 Å². The van der Waals surface area contributed by atoms with Gasteiger partial charge < -0.3 is 89.9 Å². The largest absolute Gasteiger partial charge is 0.394 e. The molecule has 0 spiro atoms. The third kappa shape index (κ3) is 47.8. The summed E-state index contributed by atoms with van der Waals surface area (Å²) in [5, 5.41) is 121. The smallest absolute Gasteiger partial charge is 0.220 e. The summed E-state index contributed by atoms with van der Waals surface area (Å²) in [6.45, 7) is 1.65. The van der Waals surface area contributed by atoms with Crippen LogP contribution in [0.25, 0.3) is 0 Å². The van der Waals surface area contributed by atoms with Gasteiger partial charge in [0, 0.05) is 6.42 Å². The number of amides is 1. The number of allylic oxidation sites excluding steroid dienone is 17. The lowest BCUT2D eigenvalue weighted by Gasteiger charge is -2.48. The Balaban J connectivity index is 1.35. The molecule has 0 aromatic heterocycles. The van der Waals surface area contributed by atoms with Crippen molar-refractivity contribution in [3.8, 4) is 0 Å². The summed E-state index contributed by atoms with van der Waals surface area (Å²) < 4.78 is 34.5. The number of nitrogens with one attached hydrogen (secondary N) is 1. The van der Waals surface area contributed by atoms with Crippen molar-refractivity contribution >= 4 is 5.91 Å². The number of hydrogen-bond donors (Lipinski definition) is 12. The molecule has 630 valence electrons. The fourth-order valence-corrected chi connectivity index (χ4v) is 14.2. The number of ether oxygens (including phenoxy) is 6. The predicted octanol–water partition coefficient (Wildman–Crippen LogP) is 16.1. The van der Waals surface area contributed by atoms with Gasteiger partial charge in [-0.1, -0.05) is 342 Å². The molecule has 3 fully saturated rings. The molecular formula is C90H157NO18. The minimum Gasteiger partial charge on any atom is -0.394 e. The van der Waals surface area contributed by atoms with Crippen molar-refractivity contribution in [1.29, 1.82) is 0 Å². The summed E-state index contributed by atoms with van der Waals surface area (Å²) in [5.74, 6) is -0.278. The van der Waals surface area contributed by atoms with Crippen LogP contribution in [-0.2, 0) is 33.2 Å². The second kappa shape index (κ2) is 68.8. The molecule has 12 N–H and O–H groups in total. The van der Waals surface area contributed by atoms with E-state index in [2.05, 4.69) is 116 Å². The van der Waals surface area contributed by atoms with E-state index in [1.807, 2.05) is 6.08 Å². The highest BCUT2D eigenvalue weighted by atomic mass is 16.8. The highest BCUT2D eigenvalue weighted by Gasteiger charge is 2.54. The highest BCUT2D eigenvalue weighted by Crippen LogP contribution is 2.33. The van der Waals surface area contributed by atoms with Gasteiger partial charge in [0.1, 0.15) is 73.2 Å². The number of carbonyl (C=O) groups is 1. The van der Waals surface area contributed by atoms with Crippen LogP contribution in [0.15, 0.2) is 109 Å². The fourth-order valence-electron chi connectivity index (χ4n) is 14.2. The Morgan fingerprint density at radius 2 is 0.633 bits per heavy atom. The van der Waals surface area contributed by atoms with Gasteiger partial charge in [-0.2, -0.15) is 0 Å². The average Bonchev–Trinajstić information content (AvgIpc) is 0.760. The molecule has 19 heteroatoms. The zero-order chi connectivity index (χ0) is 78.8. The fraction of sp³-hybridized carbons (Fsp3) is 0.789. The van der Waals surface area contributed by atoms with Crippen molar-refractivity contribution in [2.24, 2.45) is 0 Å². The summed E-state index contributed by atoms with van der Waals surface area (Å²) in [5.41, 5.74) is 0. The first kappa shape index (κ1) is 99.6. The summed E-state index contributed by atoms with van der Waals surface area (Å²) in [4.78, 5) is 13.5. The lowest BCUT2D eigenvalue weighted by atomic mass is 9.96. The quantitative estimate of drug-likeness (QED) is 0.0199. The van der Waals surface area contributed by atoms with Gasteiger partial charge in [-0.25, -0.2) is 0 Å². The molecule has 3 saturated heterocycles. The Kier molecular flexibility index (Phi) is 62.9. The van der Waals surface area contributed by atoms with Crippen molar-refractivity contribution in [1.82, 2.24) is 5.32 Å². The number of hydrogen-bond acceptors (Lipinski definition) is 18. The minimum atomic E-state index is -1.98. The molecule has 109 heavy (non-hydrogen) atoms. The maximum Gasteiger partial charge on any atom is 0.220 e. The molecule has 3 heterocycles. The number of unbranched alkanes of at least 4 members (excludes halogenated alkanes) is 37. The van der Waals surface area contributed by atoms with Crippen LogP contribution in [-0.4, -0.2) is 193 Å². The van der Waals surface area contributed by atoms with Crippen LogP contribution in [0.4, 0.5) is 0 Å². The van der Waals surface area contributed by atoms with E-state index in [1.165, 1.54) is 186 Å². The Bertz CT molecular complexity index is 2390. The van der Waals surface area contributed by atoms with Crippen molar-refractivity contribution in [2.75, 3.05) is 26.4 Å². The third-order valence-corrected chi connectivity index (χ3v) is 21.1. The predicted molar refractivity (Wildman–Crippen MR) is 438 cm³/mol. The second-order valence-corrected chi connectivity index (χ2v) is 30.6. The van der Waals surface area contributed by atoms with E-state index >= 15 is 0 Å². The van der Waals surface area contributed by atoms with Crippen LogP contribution in [0, 0.1) is 0 Å². The zero-order valence-electron chi connectivity index (χ0n) is 67.8. The van der Waals surface area contributed by atoms with Crippen LogP contribution in [0.3, 0.4) is 0 Å². The van der Waals surface area contributed by atoms with Crippen LogP contribution >= 0.6 is 0 Å². The Morgan fingerprint density at radius 1 is 0.339 bits per heavy atom. The lowest BCUT2D eigenvalue weighted by Crippen LogP contribution is -2.66. The average molecular weight is 1540 g/mol. The Morgan fingerprint density at radius 3 is 0.991 bits per heavy atom. The Labute approximate surface area is 659 Å². The third-order valence-electron chi connectivity index (χ3n) is 21.1. The van der Waals surface area contributed by atoms with Gasteiger partial charge >= 0.3 is 0 Å². The van der Waals surface area contributed by atoms with Crippen molar-refractivity contribution in [3.63, 3.8) is 0 Å². The van der Waals surface area contributed by atoms with Crippen molar-refractivity contribution < 1.29 is 89.4 Å². The van der Waals surface area contributed by atoms with Gasteiger partial charge in [-0.05, 0) is 83.5 Å². The molecule has 17 unspecified atom stereocenters. The van der Waals surface area contributed by atoms with Gasteiger partial charge in [0.15, 0.2) is 18.9 Å². The zero-order valence-corrected chi connectivity index (χ0v) is 67.8. The van der Waals surface area contributed by atoms with E-state index in [1.54, 1.807) is 6.08 Å². The van der Waals surface area contributed by atoms with E-state index in [-0.39, 0.29) is 18.9 Å². The molecule has 0 aromatic rings. The van der Waals surface area contributed by atoms with Crippen LogP contribution in [0.5, 0.6) is 0 Å². The summed E-state index contributed by atoms with van der Waals surface area (Å²) >= 11 is 0. The van der Waals surface area contributed by atoms with Crippen LogP contribution in [0.1, 0.15) is 322 Å². The van der Waals surface area contributed by atoms with Crippen molar-refractivity contribution in [2.45, 2.75) is 426 Å². The first-order chi connectivity index (χ1) is 53.3. The highest BCUT2D eigenvalue weighted by molar-refractivity contribution is 5.76. The molecule has 0 radical (unpaired) electrons. The molecule has 3 rings (SSSR count). The standard InChI is InChI=1S/C90H157NO18/c1-3-5-7-9-11-13-15-17-19-21-23-25-27-29-31-32-33-34-35-36-37-38-39-40-42-44-46-48-50-52-54-56-58-60-62-64-66-68-78(96)91-73(74(95)67-65-63-61-59-57-55-53-51-49-47-45-43-41-30-28-26-24-22-20-18-16-14-12-10-8-6-4-2)72-104-88-84(102)81(99)86(76(70-93)106-88)109-90-85(103)82(100)87(77(71-94)107-90)108-89-83(101)80(98)79(97)75(69-92)105-89/h5,7,11,13,17,19,23,25,29,31,33-34,36-37,39-40,65,67,73-77,79-90,92-95,97-103H,3-4,6,8-10,12,14-16,18,20-22,24,26-28,30,32,35,38,41-64,66,68-72H2,1-2H3,(H,91,96)/b7-5-,13-11-,19-17-,25-23-,31-29-,34-33-,37-36-,40-39-,67-65+. The number of rotatable bonds is 69. The second-order valence-electron chi connectivity index (χ2n) is 30.6. The Hall–Kier alpha value is -3.55. The van der Waals surface area contributed by atoms with E-state index in [9.17, 15) is 61.0 Å². The normalized spacial score (nSPS) is 25.8. The van der Waals surface area contributed by atoms with Gasteiger partial charge in [0.05, 0.1) is 38.6 Å². The molecule has 1 amide bonds. The molecule has 3 aliphatic heterocycles. The summed E-state index contributed by atoms with van der Waals surface area (Å²) in [6, 6.07) is -0.983. The van der Waals surface area contributed by atoms with E-state index in [0.29, 0.717) is 6.42 Å². The molecular weight excluding hydrogens is 1380 g/mol. The minimum absolute atomic E-state index is 0.236. The number of aliphatic hydroxyl groups excluding tert-OH is 11. The summed E-state index contributed by atoms with van der Waals surface area (Å²) in [6.07, 6.45) is 69.3. The first-order valence-electron chi connectivity index (χ1n) is 43.6. The van der Waals surface area contributed by atoms with Crippen molar-refractivity contribution in [3.05, 3.63) is 109 Å². The molecule has 19 nitrogen and oxygen atoms in total. The molecule has 0 saturated carbocycles. The first-order valence-corrected chi connectivity index (χ1v) is 43.6. The monoisotopic (exact) mass is 1540 g/mol. The maximum atomic E-state index is 13.5. The lowest BCUT2D eigenvalue weighted by molar-refractivity contribution is -0.379. The number of aliphatic hydroxyl groups is 11. The SMILES string of the molecule is CC/C=C\C/C=C\C/C=C\C/C=C\C/C=C\C/C=C\C/C=C\C/C=C\CCCCCCCCCCCCCCC(=O)NC(COC1OC(CO)C(OC2OC(CO)C(OC3OC(CO)C(O)C(O)C3O)C(O)C2O)C(O)C1O)C(O)/C=C/CCCCCCCCCCCCCCCCCCCCCCCCCCC. The van der Waals surface area contributed by atoms with E-state index in [0.717, 1.165) is 109 Å². The molecule has 0 aromatic carbocycles. The van der Waals surface area contributed by atoms with E-state index in [4.69, 9.17) is 28.4 Å². The molecule has 3 aliphatic rings. The van der Waals surface area contributed by atoms with Gasteiger partial charge in [-0.3, -0.25) is 4.79 Å². The molecule has 0 aliphatic carbocycles. The number of carbonyl (C=O) groups excluding carboxylic acids is 1. The van der Waals surface area contributed by atoms with Gasteiger partial charge in [0.25, 0.3) is 0 Å². The summed E-state index contributed by atoms with van der Waals surface area (Å²) in [7, 11) is 0. The topological polar surface area (TPSA) is 307 Å². The molecule has 17 atom stereocenters.